The summed E-state index contributed by atoms with van der Waals surface area (Å²) in [4.78, 5) is 16.0. The van der Waals surface area contributed by atoms with Crippen molar-refractivity contribution in [1.82, 2.24) is 19.2 Å². The molecule has 0 radical (unpaired) electrons. The molecule has 4 aromatic rings. The lowest BCUT2D eigenvalue weighted by molar-refractivity contribution is 0.220. The van der Waals surface area contributed by atoms with Gasteiger partial charge in [-0.1, -0.05) is 18.7 Å². The van der Waals surface area contributed by atoms with Crippen molar-refractivity contribution in [2.45, 2.75) is 44.4 Å². The normalized spacial score (nSPS) is 17.2. The fraction of sp³-hybridized carbons (Fsp3) is 0.409. The van der Waals surface area contributed by atoms with E-state index in [1.54, 1.807) is 29.9 Å². The van der Waals surface area contributed by atoms with Crippen LogP contribution in [0.4, 0.5) is 0 Å². The second-order valence-electron chi connectivity index (χ2n) is 8.15. The first-order valence-corrected chi connectivity index (χ1v) is 12.2. The number of thioether (sulfide) groups is 1. The molecule has 162 valence electrons. The van der Waals surface area contributed by atoms with Gasteiger partial charge in [0, 0.05) is 10.6 Å². The Hall–Kier alpha value is -2.36. The lowest BCUT2D eigenvalue weighted by atomic mass is 9.89. The second-order valence-corrected chi connectivity index (χ2v) is 10.2. The number of aliphatic hydroxyl groups excluding tert-OH is 1. The lowest BCUT2D eigenvalue weighted by Gasteiger charge is -2.17. The molecule has 0 amide bonds. The van der Waals surface area contributed by atoms with Crippen molar-refractivity contribution in [2.75, 3.05) is 12.9 Å². The number of fused-ring (bicyclic) bond motifs is 5. The number of nitrogens with zero attached hydrogens (tertiary/aromatic N) is 4. The smallest absolute Gasteiger partial charge is 0.268 e. The summed E-state index contributed by atoms with van der Waals surface area (Å²) in [6, 6.07) is 7.41. The van der Waals surface area contributed by atoms with Gasteiger partial charge in [0.05, 0.1) is 24.3 Å². The van der Waals surface area contributed by atoms with Crippen LogP contribution in [0.2, 0.25) is 0 Å². The number of methoxy groups -OCH3 is 1. The molecule has 31 heavy (non-hydrogen) atoms. The standard InChI is InChI=1S/C22H24N4O3S2/c1-12-4-9-16-17(10-12)31-20-18(16)19(28)25(14-5-7-15(29-3)8-6-14)21-23-24-22(26(20)21)30-11-13(2)27/h5-8,12-13,27H,4,9-11H2,1-3H3/t12-,13-/m0/s1. The van der Waals surface area contributed by atoms with Crippen LogP contribution in [-0.4, -0.2) is 43.2 Å². The maximum Gasteiger partial charge on any atom is 0.268 e. The molecule has 0 saturated carbocycles. The number of benzene rings is 1. The van der Waals surface area contributed by atoms with E-state index in [9.17, 15) is 9.90 Å². The van der Waals surface area contributed by atoms with E-state index in [0.29, 0.717) is 22.6 Å². The minimum atomic E-state index is -0.460. The summed E-state index contributed by atoms with van der Waals surface area (Å²) in [7, 11) is 1.62. The molecule has 7 nitrogen and oxygen atoms in total. The first-order chi connectivity index (χ1) is 15.0. The molecule has 9 heteroatoms. The molecule has 0 bridgehead atoms. The fourth-order valence-corrected chi connectivity index (χ4v) is 6.50. The maximum atomic E-state index is 13.8. The van der Waals surface area contributed by atoms with E-state index in [2.05, 4.69) is 17.1 Å². The Balaban J connectivity index is 1.83. The van der Waals surface area contributed by atoms with Crippen molar-refractivity contribution in [3.8, 4) is 11.4 Å². The minimum absolute atomic E-state index is 0.0563. The van der Waals surface area contributed by atoms with Gasteiger partial charge in [-0.2, -0.15) is 0 Å². The van der Waals surface area contributed by atoms with E-state index < -0.39 is 6.10 Å². The highest BCUT2D eigenvalue weighted by Crippen LogP contribution is 2.38. The van der Waals surface area contributed by atoms with Crippen LogP contribution in [0.5, 0.6) is 5.75 Å². The van der Waals surface area contributed by atoms with Crippen LogP contribution in [0, 0.1) is 5.92 Å². The molecule has 1 aliphatic rings. The van der Waals surface area contributed by atoms with Gasteiger partial charge in [0.25, 0.3) is 5.56 Å². The summed E-state index contributed by atoms with van der Waals surface area (Å²) in [5.74, 6) is 2.34. The SMILES string of the molecule is COc1ccc(-n2c(=O)c3c4c(sc3n3c(SC[C@H](C)O)nnc23)C[C@@H](C)CC4)cc1. The molecule has 0 fully saturated rings. The van der Waals surface area contributed by atoms with Gasteiger partial charge in [-0.15, -0.1) is 21.5 Å². The highest BCUT2D eigenvalue weighted by molar-refractivity contribution is 7.99. The van der Waals surface area contributed by atoms with E-state index in [0.717, 1.165) is 40.9 Å². The van der Waals surface area contributed by atoms with E-state index in [1.807, 2.05) is 28.7 Å². The number of thiophene rings is 1. The van der Waals surface area contributed by atoms with Crippen LogP contribution in [-0.2, 0) is 12.8 Å². The topological polar surface area (TPSA) is 81.7 Å². The van der Waals surface area contributed by atoms with Crippen molar-refractivity contribution < 1.29 is 9.84 Å². The van der Waals surface area contributed by atoms with Gasteiger partial charge in [0.1, 0.15) is 10.6 Å². The predicted octanol–water partition coefficient (Wildman–Crippen LogP) is 3.70. The Morgan fingerprint density at radius 2 is 2.10 bits per heavy atom. The van der Waals surface area contributed by atoms with E-state index in [4.69, 9.17) is 4.74 Å². The number of aromatic nitrogens is 4. The third kappa shape index (κ3) is 3.44. The third-order valence-electron chi connectivity index (χ3n) is 5.71. The summed E-state index contributed by atoms with van der Waals surface area (Å²) < 4.78 is 8.91. The molecule has 0 unspecified atom stereocenters. The van der Waals surface area contributed by atoms with E-state index in [-0.39, 0.29) is 5.56 Å². The number of hydrogen-bond donors (Lipinski definition) is 1. The van der Waals surface area contributed by atoms with Crippen LogP contribution in [0.1, 0.15) is 30.7 Å². The van der Waals surface area contributed by atoms with Crippen LogP contribution in [0.25, 0.3) is 21.7 Å². The third-order valence-corrected chi connectivity index (χ3v) is 8.12. The van der Waals surface area contributed by atoms with Crippen LogP contribution >= 0.6 is 23.1 Å². The molecule has 5 rings (SSSR count). The average Bonchev–Trinajstić information content (AvgIpc) is 3.33. The van der Waals surface area contributed by atoms with Gasteiger partial charge in [0.2, 0.25) is 5.78 Å². The van der Waals surface area contributed by atoms with Gasteiger partial charge in [-0.25, -0.2) is 8.97 Å². The van der Waals surface area contributed by atoms with Crippen molar-refractivity contribution in [3.63, 3.8) is 0 Å². The van der Waals surface area contributed by atoms with Crippen LogP contribution < -0.4 is 10.3 Å². The number of ether oxygens (including phenoxy) is 1. The highest BCUT2D eigenvalue weighted by Gasteiger charge is 2.27. The van der Waals surface area contributed by atoms with Crippen molar-refractivity contribution >= 4 is 39.1 Å². The lowest BCUT2D eigenvalue weighted by Crippen LogP contribution is -2.22. The Morgan fingerprint density at radius 1 is 1.32 bits per heavy atom. The van der Waals surface area contributed by atoms with Gasteiger partial charge >= 0.3 is 0 Å². The highest BCUT2D eigenvalue weighted by atomic mass is 32.2. The molecule has 1 aliphatic carbocycles. The summed E-state index contributed by atoms with van der Waals surface area (Å²) in [6.07, 6.45) is 2.54. The second kappa shape index (κ2) is 7.96. The minimum Gasteiger partial charge on any atom is -0.497 e. The van der Waals surface area contributed by atoms with Gasteiger partial charge in [-0.3, -0.25) is 4.79 Å². The quantitative estimate of drug-likeness (QED) is 0.461. The molecule has 2 atom stereocenters. The largest absolute Gasteiger partial charge is 0.497 e. The zero-order valence-electron chi connectivity index (χ0n) is 17.7. The summed E-state index contributed by atoms with van der Waals surface area (Å²) in [5, 5.41) is 20.0. The average molecular weight is 457 g/mol. The van der Waals surface area contributed by atoms with Gasteiger partial charge in [0.15, 0.2) is 5.16 Å². The summed E-state index contributed by atoms with van der Waals surface area (Å²) >= 11 is 3.14. The first kappa shape index (κ1) is 20.5. The molecule has 3 heterocycles. The molecule has 3 aromatic heterocycles. The van der Waals surface area contributed by atoms with Crippen LogP contribution in [0.15, 0.2) is 34.2 Å². The first-order valence-electron chi connectivity index (χ1n) is 10.4. The number of aliphatic hydroxyl groups is 1. The summed E-state index contributed by atoms with van der Waals surface area (Å²) in [6.45, 7) is 4.02. The molecule has 1 aromatic carbocycles. The molecule has 0 saturated heterocycles. The summed E-state index contributed by atoms with van der Waals surface area (Å²) in [5.41, 5.74) is 1.84. The number of rotatable bonds is 5. The Morgan fingerprint density at radius 3 is 2.81 bits per heavy atom. The molecule has 0 aliphatic heterocycles. The molecular weight excluding hydrogens is 432 g/mol. The maximum absolute atomic E-state index is 13.8. The Kier molecular flexibility index (Phi) is 5.27. The number of hydrogen-bond acceptors (Lipinski definition) is 7. The number of aryl methyl sites for hydroxylation is 1. The fourth-order valence-electron chi connectivity index (χ4n) is 4.15. The molecule has 1 N–H and O–H groups in total. The predicted molar refractivity (Wildman–Crippen MR) is 124 cm³/mol. The van der Waals surface area contributed by atoms with E-state index in [1.165, 1.54) is 22.2 Å². The molecule has 0 spiro atoms. The molecular formula is C22H24N4O3S2. The van der Waals surface area contributed by atoms with Crippen LogP contribution in [0.3, 0.4) is 0 Å². The van der Waals surface area contributed by atoms with Crippen molar-refractivity contribution in [2.24, 2.45) is 5.92 Å². The zero-order chi connectivity index (χ0) is 21.7. The van der Waals surface area contributed by atoms with E-state index >= 15 is 0 Å². The zero-order valence-corrected chi connectivity index (χ0v) is 19.3. The van der Waals surface area contributed by atoms with Gasteiger partial charge in [-0.05, 0) is 61.9 Å². The Labute approximate surface area is 187 Å². The monoisotopic (exact) mass is 456 g/mol. The Bertz CT molecular complexity index is 1320. The van der Waals surface area contributed by atoms with Gasteiger partial charge < -0.3 is 9.84 Å². The van der Waals surface area contributed by atoms with Crippen molar-refractivity contribution in [1.29, 1.82) is 0 Å². The van der Waals surface area contributed by atoms with Crippen molar-refractivity contribution in [3.05, 3.63) is 45.1 Å².